The molecule has 0 radical (unpaired) electrons. The van der Waals surface area contributed by atoms with E-state index in [1.54, 1.807) is 0 Å². The summed E-state index contributed by atoms with van der Waals surface area (Å²) in [6.07, 6.45) is -0.118. The monoisotopic (exact) mass is 255 g/mol. The zero-order valence-corrected chi connectivity index (χ0v) is 8.99. The van der Waals surface area contributed by atoms with Gasteiger partial charge in [-0.15, -0.1) is 0 Å². The fourth-order valence-electron chi connectivity index (χ4n) is 0.920. The standard InChI is InChI=1S/C7H4Cl3NO3/c8-3(12)1-2-11-6(13)4(9)5(10)7(11)14/h1-2H2. The number of carbonyl (C=O) groups is 3. The Hall–Kier alpha value is -0.580. The van der Waals surface area contributed by atoms with Crippen molar-refractivity contribution < 1.29 is 14.4 Å². The first-order chi connectivity index (χ1) is 6.45. The summed E-state index contributed by atoms with van der Waals surface area (Å²) in [6.45, 7) is -0.105. The lowest BCUT2D eigenvalue weighted by atomic mass is 10.4. The maximum atomic E-state index is 11.2. The van der Waals surface area contributed by atoms with E-state index in [2.05, 4.69) is 0 Å². The van der Waals surface area contributed by atoms with E-state index in [1.807, 2.05) is 0 Å². The van der Waals surface area contributed by atoms with E-state index in [1.165, 1.54) is 0 Å². The van der Waals surface area contributed by atoms with Crippen molar-refractivity contribution in [1.29, 1.82) is 0 Å². The number of imide groups is 1. The topological polar surface area (TPSA) is 54.5 Å². The molecule has 7 heteroatoms. The smallest absolute Gasteiger partial charge is 0.274 e. The minimum absolute atomic E-state index is 0.105. The average Bonchev–Trinajstić information content (AvgIpc) is 2.29. The van der Waals surface area contributed by atoms with Crippen molar-refractivity contribution in [2.45, 2.75) is 6.42 Å². The summed E-state index contributed by atoms with van der Waals surface area (Å²) in [5.74, 6) is -1.39. The number of nitrogens with zero attached hydrogens (tertiary/aromatic N) is 1. The van der Waals surface area contributed by atoms with Gasteiger partial charge >= 0.3 is 0 Å². The van der Waals surface area contributed by atoms with Gasteiger partial charge in [0.1, 0.15) is 10.1 Å². The highest BCUT2D eigenvalue weighted by Crippen LogP contribution is 2.26. The average molecular weight is 256 g/mol. The van der Waals surface area contributed by atoms with Crippen LogP contribution in [0.15, 0.2) is 10.1 Å². The van der Waals surface area contributed by atoms with Crippen molar-refractivity contribution in [2.75, 3.05) is 6.54 Å². The highest BCUT2D eigenvalue weighted by atomic mass is 35.5. The van der Waals surface area contributed by atoms with Gasteiger partial charge in [-0.25, -0.2) is 0 Å². The summed E-state index contributed by atoms with van der Waals surface area (Å²) < 4.78 is 0. The zero-order valence-electron chi connectivity index (χ0n) is 6.72. The van der Waals surface area contributed by atoms with E-state index >= 15 is 0 Å². The van der Waals surface area contributed by atoms with E-state index in [-0.39, 0.29) is 23.0 Å². The van der Waals surface area contributed by atoms with Crippen LogP contribution >= 0.6 is 34.8 Å². The summed E-state index contributed by atoms with van der Waals surface area (Å²) in [5, 5.41) is -1.28. The molecule has 0 fully saturated rings. The summed E-state index contributed by atoms with van der Waals surface area (Å²) in [7, 11) is 0. The number of amides is 2. The lowest BCUT2D eigenvalue weighted by Gasteiger charge is -2.11. The third-order valence-corrected chi connectivity index (χ3v) is 2.58. The number of halogens is 3. The van der Waals surface area contributed by atoms with Gasteiger partial charge in [-0.1, -0.05) is 23.2 Å². The second kappa shape index (κ2) is 4.29. The Bertz CT molecular complexity index is 326. The molecule has 0 saturated carbocycles. The Morgan fingerprint density at radius 2 is 1.57 bits per heavy atom. The van der Waals surface area contributed by atoms with Crippen LogP contribution in [0.3, 0.4) is 0 Å². The quantitative estimate of drug-likeness (QED) is 0.563. The van der Waals surface area contributed by atoms with Crippen molar-refractivity contribution in [3.05, 3.63) is 10.1 Å². The highest BCUT2D eigenvalue weighted by Gasteiger charge is 2.36. The molecule has 1 heterocycles. The molecule has 2 amide bonds. The summed E-state index contributed by atoms with van der Waals surface area (Å²) >= 11 is 15.9. The summed E-state index contributed by atoms with van der Waals surface area (Å²) in [5.41, 5.74) is 0. The van der Waals surface area contributed by atoms with Gasteiger partial charge in [-0.05, 0) is 11.6 Å². The molecule has 1 aliphatic heterocycles. The van der Waals surface area contributed by atoms with Crippen LogP contribution in [0.5, 0.6) is 0 Å². The molecule has 4 nitrogen and oxygen atoms in total. The van der Waals surface area contributed by atoms with E-state index in [4.69, 9.17) is 34.8 Å². The Morgan fingerprint density at radius 1 is 1.14 bits per heavy atom. The van der Waals surface area contributed by atoms with Crippen LogP contribution in [-0.4, -0.2) is 28.5 Å². The number of rotatable bonds is 3. The molecule has 0 unspecified atom stereocenters. The molecule has 76 valence electrons. The van der Waals surface area contributed by atoms with Crippen LogP contribution in [0.2, 0.25) is 0 Å². The molecule has 14 heavy (non-hydrogen) atoms. The normalized spacial score (nSPS) is 16.9. The summed E-state index contributed by atoms with van der Waals surface area (Å²) in [6, 6.07) is 0. The maximum Gasteiger partial charge on any atom is 0.274 e. The van der Waals surface area contributed by atoms with E-state index in [0.29, 0.717) is 0 Å². The predicted molar refractivity (Wildman–Crippen MR) is 50.9 cm³/mol. The van der Waals surface area contributed by atoms with E-state index in [9.17, 15) is 14.4 Å². The van der Waals surface area contributed by atoms with Gasteiger partial charge < -0.3 is 0 Å². The first kappa shape index (κ1) is 11.5. The maximum absolute atomic E-state index is 11.2. The molecule has 0 saturated heterocycles. The molecule has 0 aromatic rings. The van der Waals surface area contributed by atoms with Gasteiger partial charge in [-0.2, -0.15) is 0 Å². The van der Waals surface area contributed by atoms with Crippen molar-refractivity contribution in [1.82, 2.24) is 4.90 Å². The Balaban J connectivity index is 2.72. The molecule has 1 rings (SSSR count). The van der Waals surface area contributed by atoms with Crippen LogP contribution in [0.4, 0.5) is 0 Å². The van der Waals surface area contributed by atoms with Crippen LogP contribution in [0, 0.1) is 0 Å². The molecule has 0 spiro atoms. The van der Waals surface area contributed by atoms with Gasteiger partial charge in [0, 0.05) is 13.0 Å². The molecule has 0 N–H and O–H groups in total. The first-order valence-corrected chi connectivity index (χ1v) is 4.68. The number of carbonyl (C=O) groups excluding carboxylic acids is 3. The van der Waals surface area contributed by atoms with Crippen LogP contribution in [0.25, 0.3) is 0 Å². The van der Waals surface area contributed by atoms with Gasteiger partial charge in [-0.3, -0.25) is 19.3 Å². The molecular formula is C7H4Cl3NO3. The Labute approximate surface area is 94.4 Å². The van der Waals surface area contributed by atoms with Gasteiger partial charge in [0.05, 0.1) is 0 Å². The van der Waals surface area contributed by atoms with Crippen molar-refractivity contribution in [3.8, 4) is 0 Å². The zero-order chi connectivity index (χ0) is 10.9. The minimum Gasteiger partial charge on any atom is -0.281 e. The molecule has 0 aliphatic carbocycles. The molecule has 0 aromatic heterocycles. The number of hydrogen-bond donors (Lipinski definition) is 0. The van der Waals surface area contributed by atoms with Gasteiger partial charge in [0.25, 0.3) is 11.8 Å². The molecular weight excluding hydrogens is 252 g/mol. The fraction of sp³-hybridized carbons (Fsp3) is 0.286. The van der Waals surface area contributed by atoms with Crippen LogP contribution in [-0.2, 0) is 14.4 Å². The first-order valence-electron chi connectivity index (χ1n) is 3.55. The molecule has 0 bridgehead atoms. The molecule has 1 aliphatic rings. The van der Waals surface area contributed by atoms with Gasteiger partial charge in [0.2, 0.25) is 5.24 Å². The van der Waals surface area contributed by atoms with E-state index in [0.717, 1.165) is 4.90 Å². The lowest BCUT2D eigenvalue weighted by molar-refractivity contribution is -0.137. The second-order valence-corrected chi connectivity index (χ2v) is 3.67. The van der Waals surface area contributed by atoms with E-state index < -0.39 is 17.1 Å². The summed E-state index contributed by atoms with van der Waals surface area (Å²) in [4.78, 5) is 33.6. The van der Waals surface area contributed by atoms with Crippen molar-refractivity contribution in [3.63, 3.8) is 0 Å². The Kier molecular flexibility index (Phi) is 3.53. The van der Waals surface area contributed by atoms with Crippen molar-refractivity contribution >= 4 is 51.9 Å². The second-order valence-electron chi connectivity index (χ2n) is 2.50. The number of hydrogen-bond acceptors (Lipinski definition) is 3. The molecule has 0 atom stereocenters. The fourth-order valence-corrected chi connectivity index (χ4v) is 1.37. The largest absolute Gasteiger partial charge is 0.281 e. The Morgan fingerprint density at radius 3 is 1.93 bits per heavy atom. The van der Waals surface area contributed by atoms with Crippen LogP contribution < -0.4 is 0 Å². The van der Waals surface area contributed by atoms with Gasteiger partial charge in [0.15, 0.2) is 0 Å². The van der Waals surface area contributed by atoms with Crippen LogP contribution in [0.1, 0.15) is 6.42 Å². The third-order valence-electron chi connectivity index (χ3n) is 1.59. The predicted octanol–water partition coefficient (Wildman–Crippen LogP) is 1.20. The highest BCUT2D eigenvalue weighted by molar-refractivity contribution is 6.63. The minimum atomic E-state index is -0.695. The lowest BCUT2D eigenvalue weighted by Crippen LogP contribution is -2.32. The SMILES string of the molecule is O=C(Cl)CCN1C(=O)C(Cl)=C(Cl)C1=O. The van der Waals surface area contributed by atoms with Crippen molar-refractivity contribution in [2.24, 2.45) is 0 Å². The third kappa shape index (κ3) is 2.08. The molecule has 0 aromatic carbocycles.